The molecule has 110 valence electrons. The molecule has 1 fully saturated rings. The Kier molecular flexibility index (Phi) is 4.04. The lowest BCUT2D eigenvalue weighted by molar-refractivity contribution is 0.0696. The summed E-state index contributed by atoms with van der Waals surface area (Å²) in [6.07, 6.45) is 3.01. The highest BCUT2D eigenvalue weighted by Gasteiger charge is 2.28. The SMILES string of the molecule is Cc1c(C(=O)O)cccc1N(C)S(=O)(=O)CC1CCC1. The molecule has 0 heterocycles. The standard InChI is InChI=1S/C14H19NO4S/c1-10-12(14(16)17)7-4-8-13(10)15(2)20(18,19)9-11-5-3-6-11/h4,7-8,11H,3,5-6,9H2,1-2H3,(H,16,17). The third-order valence-corrected chi connectivity index (χ3v) is 5.89. The molecule has 0 bridgehead atoms. The number of carboxylic acids is 1. The van der Waals surface area contributed by atoms with Crippen molar-refractivity contribution >= 4 is 21.7 Å². The Morgan fingerprint density at radius 1 is 1.40 bits per heavy atom. The van der Waals surface area contributed by atoms with Crippen LogP contribution in [0.3, 0.4) is 0 Å². The maximum Gasteiger partial charge on any atom is 0.336 e. The molecule has 1 aliphatic rings. The second-order valence-corrected chi connectivity index (χ2v) is 7.34. The van der Waals surface area contributed by atoms with E-state index in [2.05, 4.69) is 0 Å². The van der Waals surface area contributed by atoms with Crippen LogP contribution in [-0.4, -0.2) is 32.3 Å². The van der Waals surface area contributed by atoms with Gasteiger partial charge in [-0.3, -0.25) is 4.31 Å². The Balaban J connectivity index is 2.30. The zero-order valence-corrected chi connectivity index (χ0v) is 12.5. The molecular formula is C14H19NO4S. The van der Waals surface area contributed by atoms with Gasteiger partial charge in [0.15, 0.2) is 0 Å². The van der Waals surface area contributed by atoms with Crippen LogP contribution in [0.25, 0.3) is 0 Å². The van der Waals surface area contributed by atoms with Gasteiger partial charge in [-0.25, -0.2) is 13.2 Å². The number of sulfonamides is 1. The third kappa shape index (κ3) is 2.80. The van der Waals surface area contributed by atoms with Gasteiger partial charge in [0.05, 0.1) is 17.0 Å². The fourth-order valence-corrected chi connectivity index (χ4v) is 4.07. The fourth-order valence-electron chi connectivity index (χ4n) is 2.42. The molecule has 0 atom stereocenters. The summed E-state index contributed by atoms with van der Waals surface area (Å²) in [6.45, 7) is 1.63. The second-order valence-electron chi connectivity index (χ2n) is 5.30. The first kappa shape index (κ1) is 14.8. The first-order chi connectivity index (χ1) is 9.33. The summed E-state index contributed by atoms with van der Waals surface area (Å²) in [5.74, 6) is -0.667. The zero-order chi connectivity index (χ0) is 14.9. The van der Waals surface area contributed by atoms with Crippen molar-refractivity contribution in [1.82, 2.24) is 0 Å². The average Bonchev–Trinajstić information content (AvgIpc) is 2.33. The van der Waals surface area contributed by atoms with Crippen molar-refractivity contribution in [2.75, 3.05) is 17.1 Å². The molecule has 0 aromatic heterocycles. The second kappa shape index (κ2) is 5.44. The lowest BCUT2D eigenvalue weighted by Crippen LogP contribution is -2.34. The van der Waals surface area contributed by atoms with E-state index >= 15 is 0 Å². The van der Waals surface area contributed by atoms with Crippen LogP contribution >= 0.6 is 0 Å². The summed E-state index contributed by atoms with van der Waals surface area (Å²) in [5.41, 5.74) is 1.04. The Labute approximate surface area is 119 Å². The summed E-state index contributed by atoms with van der Waals surface area (Å²) in [7, 11) is -1.91. The van der Waals surface area contributed by atoms with E-state index in [1.165, 1.54) is 17.4 Å². The number of benzene rings is 1. The first-order valence-electron chi connectivity index (χ1n) is 6.62. The monoisotopic (exact) mass is 297 g/mol. The Hall–Kier alpha value is -1.56. The van der Waals surface area contributed by atoms with E-state index in [4.69, 9.17) is 5.11 Å². The molecule has 0 amide bonds. The van der Waals surface area contributed by atoms with E-state index in [0.29, 0.717) is 11.3 Å². The molecule has 0 aliphatic heterocycles. The van der Waals surface area contributed by atoms with Crippen LogP contribution in [0.2, 0.25) is 0 Å². The van der Waals surface area contributed by atoms with Gasteiger partial charge >= 0.3 is 5.97 Å². The van der Waals surface area contributed by atoms with Gasteiger partial charge in [-0.15, -0.1) is 0 Å². The molecule has 1 aliphatic carbocycles. The molecule has 2 rings (SSSR count). The molecule has 1 aromatic rings. The highest BCUT2D eigenvalue weighted by molar-refractivity contribution is 7.92. The maximum absolute atomic E-state index is 12.3. The summed E-state index contributed by atoms with van der Waals surface area (Å²) in [5, 5.41) is 9.10. The van der Waals surface area contributed by atoms with Crippen LogP contribution in [0.1, 0.15) is 35.2 Å². The van der Waals surface area contributed by atoms with Crippen molar-refractivity contribution in [3.63, 3.8) is 0 Å². The van der Waals surface area contributed by atoms with E-state index in [0.717, 1.165) is 19.3 Å². The molecule has 1 N–H and O–H groups in total. The Bertz CT molecular complexity index is 620. The minimum atomic E-state index is -3.40. The molecule has 0 radical (unpaired) electrons. The van der Waals surface area contributed by atoms with Gasteiger partial charge in [0.2, 0.25) is 10.0 Å². The quantitative estimate of drug-likeness (QED) is 0.904. The predicted molar refractivity (Wildman–Crippen MR) is 77.7 cm³/mol. The lowest BCUT2D eigenvalue weighted by atomic mass is 9.87. The predicted octanol–water partition coefficient (Wildman–Crippen LogP) is 2.26. The molecule has 6 heteroatoms. The summed E-state index contributed by atoms with van der Waals surface area (Å²) < 4.78 is 25.9. The Morgan fingerprint density at radius 3 is 2.55 bits per heavy atom. The number of carboxylic acid groups (broad SMARTS) is 1. The minimum absolute atomic E-state index is 0.133. The van der Waals surface area contributed by atoms with Crippen LogP contribution in [0.15, 0.2) is 18.2 Å². The minimum Gasteiger partial charge on any atom is -0.478 e. The fraction of sp³-hybridized carbons (Fsp3) is 0.500. The van der Waals surface area contributed by atoms with E-state index in [-0.39, 0.29) is 17.2 Å². The lowest BCUT2D eigenvalue weighted by Gasteiger charge is -2.29. The van der Waals surface area contributed by atoms with E-state index in [1.54, 1.807) is 19.1 Å². The van der Waals surface area contributed by atoms with Crippen molar-refractivity contribution in [3.8, 4) is 0 Å². The number of rotatable bonds is 5. The van der Waals surface area contributed by atoms with Gasteiger partial charge in [0.25, 0.3) is 0 Å². The Morgan fingerprint density at radius 2 is 2.05 bits per heavy atom. The average molecular weight is 297 g/mol. The van der Waals surface area contributed by atoms with Crippen molar-refractivity contribution in [3.05, 3.63) is 29.3 Å². The van der Waals surface area contributed by atoms with E-state index in [1.807, 2.05) is 0 Å². The highest BCUT2D eigenvalue weighted by Crippen LogP contribution is 2.30. The first-order valence-corrected chi connectivity index (χ1v) is 8.23. The van der Waals surface area contributed by atoms with Gasteiger partial charge < -0.3 is 5.11 Å². The smallest absolute Gasteiger partial charge is 0.336 e. The van der Waals surface area contributed by atoms with Gasteiger partial charge in [-0.1, -0.05) is 12.5 Å². The number of hydrogen-bond acceptors (Lipinski definition) is 3. The number of anilines is 1. The molecule has 20 heavy (non-hydrogen) atoms. The van der Waals surface area contributed by atoms with E-state index in [9.17, 15) is 13.2 Å². The van der Waals surface area contributed by atoms with Crippen LogP contribution in [-0.2, 0) is 10.0 Å². The number of hydrogen-bond donors (Lipinski definition) is 1. The highest BCUT2D eigenvalue weighted by atomic mass is 32.2. The van der Waals surface area contributed by atoms with E-state index < -0.39 is 16.0 Å². The van der Waals surface area contributed by atoms with Crippen LogP contribution in [0.5, 0.6) is 0 Å². The van der Waals surface area contributed by atoms with Crippen molar-refractivity contribution in [2.45, 2.75) is 26.2 Å². The van der Waals surface area contributed by atoms with Crippen molar-refractivity contribution in [1.29, 1.82) is 0 Å². The molecule has 1 aromatic carbocycles. The summed E-state index contributed by atoms with van der Waals surface area (Å²) in [4.78, 5) is 11.1. The summed E-state index contributed by atoms with van der Waals surface area (Å²) in [6, 6.07) is 4.69. The molecule has 0 unspecified atom stereocenters. The van der Waals surface area contributed by atoms with Crippen LogP contribution in [0, 0.1) is 12.8 Å². The molecular weight excluding hydrogens is 278 g/mol. The maximum atomic E-state index is 12.3. The van der Waals surface area contributed by atoms with Crippen LogP contribution in [0.4, 0.5) is 5.69 Å². The largest absolute Gasteiger partial charge is 0.478 e. The van der Waals surface area contributed by atoms with Gasteiger partial charge in [0.1, 0.15) is 0 Å². The van der Waals surface area contributed by atoms with Crippen LogP contribution < -0.4 is 4.31 Å². The topological polar surface area (TPSA) is 74.7 Å². The number of nitrogens with zero attached hydrogens (tertiary/aromatic N) is 1. The molecule has 0 spiro atoms. The summed E-state index contributed by atoms with van der Waals surface area (Å²) >= 11 is 0. The van der Waals surface area contributed by atoms with Gasteiger partial charge in [-0.2, -0.15) is 0 Å². The number of carbonyl (C=O) groups is 1. The zero-order valence-electron chi connectivity index (χ0n) is 11.7. The normalized spacial score (nSPS) is 15.7. The van der Waals surface area contributed by atoms with Crippen molar-refractivity contribution < 1.29 is 18.3 Å². The van der Waals surface area contributed by atoms with Gasteiger partial charge in [-0.05, 0) is 43.4 Å². The molecule has 1 saturated carbocycles. The third-order valence-electron chi connectivity index (χ3n) is 3.96. The molecule has 5 nitrogen and oxygen atoms in total. The number of aromatic carboxylic acids is 1. The van der Waals surface area contributed by atoms with Gasteiger partial charge in [0, 0.05) is 7.05 Å². The molecule has 0 saturated heterocycles. The van der Waals surface area contributed by atoms with Crippen molar-refractivity contribution in [2.24, 2.45) is 5.92 Å².